The summed E-state index contributed by atoms with van der Waals surface area (Å²) in [5.74, 6) is 0.209. The van der Waals surface area contributed by atoms with Crippen LogP contribution in [0.25, 0.3) is 0 Å². The topological polar surface area (TPSA) is 78.2 Å². The maximum Gasteiger partial charge on any atom is 0.311 e. The zero-order chi connectivity index (χ0) is 13.1. The molecule has 0 fully saturated rings. The normalized spacial score (nSPS) is 10.1. The van der Waals surface area contributed by atoms with Gasteiger partial charge >= 0.3 is 5.69 Å². The first kappa shape index (κ1) is 12.7. The van der Waals surface area contributed by atoms with E-state index in [1.165, 1.54) is 30.6 Å². The van der Waals surface area contributed by atoms with E-state index in [9.17, 15) is 10.1 Å². The lowest BCUT2D eigenvalue weighted by molar-refractivity contribution is -0.385. The molecule has 0 N–H and O–H groups in total. The summed E-state index contributed by atoms with van der Waals surface area (Å²) in [4.78, 5) is 17.9. The van der Waals surface area contributed by atoms with Crippen molar-refractivity contribution in [3.05, 3.63) is 50.3 Å². The molecule has 2 aromatic rings. The summed E-state index contributed by atoms with van der Waals surface area (Å²) in [6.07, 6.45) is 1.27. The second kappa shape index (κ2) is 5.28. The lowest BCUT2D eigenvalue weighted by Gasteiger charge is -2.05. The summed E-state index contributed by atoms with van der Waals surface area (Å²) in [6, 6.07) is 5.54. The Hall–Kier alpha value is -1.73. The molecule has 0 atom stereocenters. The van der Waals surface area contributed by atoms with Gasteiger partial charge < -0.3 is 4.74 Å². The lowest BCUT2D eigenvalue weighted by atomic mass is 10.3. The molecule has 18 heavy (non-hydrogen) atoms. The molecule has 0 radical (unpaired) electrons. The quantitative estimate of drug-likeness (QED) is 0.488. The molecular weight excluding hydrogens is 325 g/mol. The number of hydrogen-bond acceptors (Lipinski definition) is 5. The number of nitro benzene ring substituents is 1. The third-order valence-electron chi connectivity index (χ3n) is 1.94. The van der Waals surface area contributed by atoms with Crippen LogP contribution in [0.5, 0.6) is 11.6 Å². The molecule has 1 aromatic heterocycles. The minimum absolute atomic E-state index is 0.0260. The van der Waals surface area contributed by atoms with E-state index >= 15 is 0 Å². The number of hydrogen-bond donors (Lipinski definition) is 0. The molecule has 1 heterocycles. The first-order chi connectivity index (χ1) is 8.56. The Morgan fingerprint density at radius 1 is 1.33 bits per heavy atom. The van der Waals surface area contributed by atoms with Gasteiger partial charge in [-0.2, -0.15) is 0 Å². The van der Waals surface area contributed by atoms with E-state index in [0.717, 1.165) is 0 Å². The summed E-state index contributed by atoms with van der Waals surface area (Å²) in [6.45, 7) is 0. The molecular formula is C10H5BrClN3O3. The minimum Gasteiger partial charge on any atom is -0.432 e. The molecule has 0 saturated carbocycles. The van der Waals surface area contributed by atoms with Crippen molar-refractivity contribution >= 4 is 33.2 Å². The molecule has 2 rings (SSSR count). The second-order valence-corrected chi connectivity index (χ2v) is 4.40. The highest BCUT2D eigenvalue weighted by Crippen LogP contribution is 2.33. The molecule has 0 aliphatic heterocycles. The molecule has 0 aliphatic carbocycles. The number of rotatable bonds is 3. The maximum absolute atomic E-state index is 10.8. The van der Waals surface area contributed by atoms with Gasteiger partial charge in [-0.15, -0.1) is 0 Å². The van der Waals surface area contributed by atoms with Crippen LogP contribution in [0.15, 0.2) is 35.2 Å². The van der Waals surface area contributed by atoms with Crippen LogP contribution in [0, 0.1) is 10.1 Å². The summed E-state index contributed by atoms with van der Waals surface area (Å²) >= 11 is 8.92. The first-order valence-electron chi connectivity index (χ1n) is 4.65. The van der Waals surface area contributed by atoms with Crippen LogP contribution >= 0.6 is 27.5 Å². The van der Waals surface area contributed by atoms with Crippen molar-refractivity contribution < 1.29 is 9.66 Å². The molecule has 0 spiro atoms. The van der Waals surface area contributed by atoms with Crippen LogP contribution < -0.4 is 4.74 Å². The van der Waals surface area contributed by atoms with Crippen molar-refractivity contribution in [2.45, 2.75) is 0 Å². The SMILES string of the molecule is O=[N+]([O-])c1ccc(Cl)cc1Oc1cc(Br)ncn1. The average Bonchev–Trinajstić information content (AvgIpc) is 2.28. The van der Waals surface area contributed by atoms with Crippen LogP contribution in [0.4, 0.5) is 5.69 Å². The fourth-order valence-electron chi connectivity index (χ4n) is 1.21. The van der Waals surface area contributed by atoms with E-state index in [1.807, 2.05) is 0 Å². The molecule has 6 nitrogen and oxygen atoms in total. The fourth-order valence-corrected chi connectivity index (χ4v) is 1.66. The third-order valence-corrected chi connectivity index (χ3v) is 2.61. The zero-order valence-electron chi connectivity index (χ0n) is 8.71. The fraction of sp³-hybridized carbons (Fsp3) is 0. The van der Waals surface area contributed by atoms with E-state index in [0.29, 0.717) is 9.63 Å². The predicted molar refractivity (Wildman–Crippen MR) is 67.9 cm³/mol. The average molecular weight is 331 g/mol. The Morgan fingerprint density at radius 3 is 2.78 bits per heavy atom. The van der Waals surface area contributed by atoms with Crippen molar-refractivity contribution in [1.29, 1.82) is 0 Å². The number of aromatic nitrogens is 2. The molecule has 0 aliphatic rings. The van der Waals surface area contributed by atoms with E-state index in [2.05, 4.69) is 25.9 Å². The third kappa shape index (κ3) is 2.93. The first-order valence-corrected chi connectivity index (χ1v) is 5.82. The minimum atomic E-state index is -0.554. The van der Waals surface area contributed by atoms with Crippen molar-refractivity contribution in [3.8, 4) is 11.6 Å². The monoisotopic (exact) mass is 329 g/mol. The maximum atomic E-state index is 10.8. The lowest BCUT2D eigenvalue weighted by Crippen LogP contribution is -1.95. The Balaban J connectivity index is 2.39. The summed E-state index contributed by atoms with van der Waals surface area (Å²) in [5, 5.41) is 11.2. The van der Waals surface area contributed by atoms with Gasteiger partial charge in [0, 0.05) is 23.2 Å². The van der Waals surface area contributed by atoms with Gasteiger partial charge in [-0.25, -0.2) is 9.97 Å². The number of nitro groups is 1. The van der Waals surface area contributed by atoms with Crippen molar-refractivity contribution in [2.75, 3.05) is 0 Å². The van der Waals surface area contributed by atoms with Crippen LogP contribution in [0.3, 0.4) is 0 Å². The van der Waals surface area contributed by atoms with Crippen LogP contribution in [0.1, 0.15) is 0 Å². The van der Waals surface area contributed by atoms with Gasteiger partial charge in [0.25, 0.3) is 0 Å². The Bertz CT molecular complexity index is 609. The summed E-state index contributed by atoms with van der Waals surface area (Å²) < 4.78 is 5.84. The molecule has 1 aromatic carbocycles. The van der Waals surface area contributed by atoms with E-state index < -0.39 is 4.92 Å². The van der Waals surface area contributed by atoms with E-state index in [4.69, 9.17) is 16.3 Å². The van der Waals surface area contributed by atoms with Crippen LogP contribution in [0.2, 0.25) is 5.02 Å². The number of benzene rings is 1. The zero-order valence-corrected chi connectivity index (χ0v) is 11.1. The molecule has 92 valence electrons. The molecule has 0 saturated heterocycles. The Kier molecular flexibility index (Phi) is 3.73. The van der Waals surface area contributed by atoms with Crippen molar-refractivity contribution in [2.24, 2.45) is 0 Å². The van der Waals surface area contributed by atoms with Crippen LogP contribution in [-0.4, -0.2) is 14.9 Å². The van der Waals surface area contributed by atoms with Crippen molar-refractivity contribution in [1.82, 2.24) is 9.97 Å². The van der Waals surface area contributed by atoms with Gasteiger partial charge in [0.1, 0.15) is 10.9 Å². The Labute approximate surface area is 115 Å². The van der Waals surface area contributed by atoms with Crippen LogP contribution in [-0.2, 0) is 0 Å². The number of ether oxygens (including phenoxy) is 1. The number of halogens is 2. The molecule has 0 amide bonds. The van der Waals surface area contributed by atoms with Gasteiger partial charge in [-0.3, -0.25) is 10.1 Å². The standard InChI is InChI=1S/C10H5BrClN3O3/c11-9-4-10(14-5-13-9)18-8-3-6(12)1-2-7(8)15(16)17/h1-5H. The molecule has 0 unspecified atom stereocenters. The predicted octanol–water partition coefficient (Wildman–Crippen LogP) is 3.59. The second-order valence-electron chi connectivity index (χ2n) is 3.15. The van der Waals surface area contributed by atoms with Gasteiger partial charge in [-0.05, 0) is 22.0 Å². The van der Waals surface area contributed by atoms with Crippen molar-refractivity contribution in [3.63, 3.8) is 0 Å². The van der Waals surface area contributed by atoms with Gasteiger partial charge in [-0.1, -0.05) is 11.6 Å². The highest BCUT2D eigenvalue weighted by atomic mass is 79.9. The van der Waals surface area contributed by atoms with Gasteiger partial charge in [0.2, 0.25) is 11.6 Å². The van der Waals surface area contributed by atoms with Gasteiger partial charge in [0.15, 0.2) is 0 Å². The van der Waals surface area contributed by atoms with E-state index in [1.54, 1.807) is 0 Å². The smallest absolute Gasteiger partial charge is 0.311 e. The molecule has 8 heteroatoms. The summed E-state index contributed by atoms with van der Waals surface area (Å²) in [7, 11) is 0. The largest absolute Gasteiger partial charge is 0.432 e. The summed E-state index contributed by atoms with van der Waals surface area (Å²) in [5.41, 5.74) is -0.186. The molecule has 0 bridgehead atoms. The highest BCUT2D eigenvalue weighted by Gasteiger charge is 2.16. The number of nitrogens with zero attached hydrogens (tertiary/aromatic N) is 3. The van der Waals surface area contributed by atoms with E-state index in [-0.39, 0.29) is 17.3 Å². The Morgan fingerprint density at radius 2 is 2.11 bits per heavy atom. The highest BCUT2D eigenvalue weighted by molar-refractivity contribution is 9.10. The van der Waals surface area contributed by atoms with Gasteiger partial charge in [0.05, 0.1) is 4.92 Å².